The van der Waals surface area contributed by atoms with Gasteiger partial charge < -0.3 is 20.4 Å². The second-order valence-corrected chi connectivity index (χ2v) is 7.76. The highest BCUT2D eigenvalue weighted by atomic mass is 32.2. The number of carbonyl (C=O) groups is 2. The first kappa shape index (κ1) is 21.6. The van der Waals surface area contributed by atoms with Gasteiger partial charge in [0.1, 0.15) is 6.54 Å². The summed E-state index contributed by atoms with van der Waals surface area (Å²) in [7, 11) is 3.46. The van der Waals surface area contributed by atoms with E-state index in [1.165, 1.54) is 0 Å². The zero-order valence-electron chi connectivity index (χ0n) is 16.2. The van der Waals surface area contributed by atoms with Crippen LogP contribution in [0.5, 0.6) is 0 Å². The third-order valence-electron chi connectivity index (χ3n) is 4.11. The number of thioether (sulfide) groups is 1. The van der Waals surface area contributed by atoms with E-state index in [1.807, 2.05) is 18.7 Å². The molecule has 1 saturated heterocycles. The second kappa shape index (κ2) is 11.2. The lowest BCUT2D eigenvalue weighted by atomic mass is 10.0. The highest BCUT2D eigenvalue weighted by molar-refractivity contribution is 7.98. The highest BCUT2D eigenvalue weighted by Crippen LogP contribution is 2.13. The summed E-state index contributed by atoms with van der Waals surface area (Å²) >= 11 is 1.76. The standard InChI is InChI=1S/C17H33N5O2S/c1-13(2)16(24)22-9-6-14(7-10-22)20-17(18-8-11-25-5)19-12-15(23)21(3)4/h13-14H,6-12H2,1-5H3,(H2,18,19,20). The van der Waals surface area contributed by atoms with Crippen molar-refractivity contribution in [1.82, 2.24) is 20.4 Å². The molecule has 0 unspecified atom stereocenters. The van der Waals surface area contributed by atoms with E-state index in [2.05, 4.69) is 21.9 Å². The summed E-state index contributed by atoms with van der Waals surface area (Å²) in [6.45, 7) is 6.34. The molecule has 2 N–H and O–H groups in total. The predicted molar refractivity (Wildman–Crippen MR) is 105 cm³/mol. The number of amides is 2. The van der Waals surface area contributed by atoms with Crippen LogP contribution in [-0.4, -0.2) is 85.9 Å². The van der Waals surface area contributed by atoms with Gasteiger partial charge in [-0.3, -0.25) is 9.59 Å². The molecular weight excluding hydrogens is 338 g/mol. The van der Waals surface area contributed by atoms with Crippen LogP contribution in [0.1, 0.15) is 26.7 Å². The number of nitrogens with zero attached hydrogens (tertiary/aromatic N) is 3. The minimum Gasteiger partial charge on any atom is -0.356 e. The van der Waals surface area contributed by atoms with Gasteiger partial charge in [0.2, 0.25) is 11.8 Å². The lowest BCUT2D eigenvalue weighted by molar-refractivity contribution is -0.135. The van der Waals surface area contributed by atoms with Crippen LogP contribution in [0.3, 0.4) is 0 Å². The van der Waals surface area contributed by atoms with Crippen molar-refractivity contribution in [2.45, 2.75) is 32.7 Å². The van der Waals surface area contributed by atoms with Crippen molar-refractivity contribution < 1.29 is 9.59 Å². The summed E-state index contributed by atoms with van der Waals surface area (Å²) in [6.07, 6.45) is 3.84. The van der Waals surface area contributed by atoms with E-state index in [4.69, 9.17) is 0 Å². The number of hydrogen-bond donors (Lipinski definition) is 2. The molecule has 0 aliphatic carbocycles. The fraction of sp³-hybridized carbons (Fsp3) is 0.824. The third kappa shape index (κ3) is 7.98. The molecule has 0 atom stereocenters. The number of rotatable bonds is 7. The molecular formula is C17H33N5O2S. The van der Waals surface area contributed by atoms with Crippen molar-refractivity contribution in [2.24, 2.45) is 10.9 Å². The Hall–Kier alpha value is -1.44. The molecule has 1 aliphatic rings. The second-order valence-electron chi connectivity index (χ2n) is 6.77. The van der Waals surface area contributed by atoms with Crippen molar-refractivity contribution in [3.8, 4) is 0 Å². The molecule has 1 heterocycles. The van der Waals surface area contributed by atoms with E-state index in [0.717, 1.165) is 38.2 Å². The van der Waals surface area contributed by atoms with Crippen LogP contribution in [0.25, 0.3) is 0 Å². The van der Waals surface area contributed by atoms with Gasteiger partial charge in [0, 0.05) is 51.4 Å². The van der Waals surface area contributed by atoms with Crippen LogP contribution in [0.15, 0.2) is 4.99 Å². The maximum Gasteiger partial charge on any atom is 0.243 e. The van der Waals surface area contributed by atoms with Crippen LogP contribution >= 0.6 is 11.8 Å². The van der Waals surface area contributed by atoms with Crippen LogP contribution in [0.2, 0.25) is 0 Å². The summed E-state index contributed by atoms with van der Waals surface area (Å²) < 4.78 is 0. The molecule has 2 amide bonds. The zero-order valence-corrected chi connectivity index (χ0v) is 17.0. The SMILES string of the molecule is CSCCNC(=NCC(=O)N(C)C)NC1CCN(C(=O)C(C)C)CC1. The average Bonchev–Trinajstić information content (AvgIpc) is 2.59. The van der Waals surface area contributed by atoms with E-state index >= 15 is 0 Å². The number of guanidine groups is 1. The topological polar surface area (TPSA) is 77.0 Å². The summed E-state index contributed by atoms with van der Waals surface area (Å²) in [5.74, 6) is 1.90. The van der Waals surface area contributed by atoms with E-state index < -0.39 is 0 Å². The molecule has 1 rings (SSSR count). The van der Waals surface area contributed by atoms with Gasteiger partial charge >= 0.3 is 0 Å². The van der Waals surface area contributed by atoms with Crippen molar-refractivity contribution in [3.63, 3.8) is 0 Å². The maximum absolute atomic E-state index is 12.1. The Bertz CT molecular complexity index is 460. The first-order valence-electron chi connectivity index (χ1n) is 8.87. The quantitative estimate of drug-likeness (QED) is 0.390. The van der Waals surface area contributed by atoms with Crippen molar-refractivity contribution >= 4 is 29.5 Å². The Kier molecular flexibility index (Phi) is 9.70. The number of aliphatic imine (C=N–C) groups is 1. The number of piperidine rings is 1. The molecule has 25 heavy (non-hydrogen) atoms. The minimum absolute atomic E-state index is 0.0247. The molecule has 8 heteroatoms. The number of likely N-dealkylation sites (N-methyl/N-ethyl adjacent to an activating group) is 1. The number of likely N-dealkylation sites (tertiary alicyclic amines) is 1. The summed E-state index contributed by atoms with van der Waals surface area (Å²) in [6, 6.07) is 0.270. The maximum atomic E-state index is 12.1. The van der Waals surface area contributed by atoms with Gasteiger partial charge in [0.15, 0.2) is 5.96 Å². The van der Waals surface area contributed by atoms with Crippen molar-refractivity contribution in [1.29, 1.82) is 0 Å². The molecule has 0 aromatic heterocycles. The first-order chi connectivity index (χ1) is 11.8. The van der Waals surface area contributed by atoms with Crippen LogP contribution in [0, 0.1) is 5.92 Å². The third-order valence-corrected chi connectivity index (χ3v) is 4.72. The largest absolute Gasteiger partial charge is 0.356 e. The van der Waals surface area contributed by atoms with Crippen molar-refractivity contribution in [2.75, 3.05) is 52.3 Å². The molecule has 0 saturated carbocycles. The Labute approximate surface area is 156 Å². The Morgan fingerprint density at radius 3 is 2.44 bits per heavy atom. The molecule has 0 bridgehead atoms. The predicted octanol–water partition coefficient (Wildman–Crippen LogP) is 0.620. The Balaban J connectivity index is 2.55. The highest BCUT2D eigenvalue weighted by Gasteiger charge is 2.24. The fourth-order valence-electron chi connectivity index (χ4n) is 2.51. The molecule has 0 radical (unpaired) electrons. The fourth-order valence-corrected chi connectivity index (χ4v) is 2.82. The van der Waals surface area contributed by atoms with Crippen LogP contribution in [-0.2, 0) is 9.59 Å². The molecule has 7 nitrogen and oxygen atoms in total. The number of carbonyl (C=O) groups excluding carboxylic acids is 2. The Morgan fingerprint density at radius 1 is 1.28 bits per heavy atom. The monoisotopic (exact) mass is 371 g/mol. The van der Waals surface area contributed by atoms with Crippen molar-refractivity contribution in [3.05, 3.63) is 0 Å². The molecule has 0 aromatic carbocycles. The molecule has 0 spiro atoms. The van der Waals surface area contributed by atoms with Gasteiger partial charge in [-0.15, -0.1) is 0 Å². The number of nitrogens with one attached hydrogen (secondary N) is 2. The molecule has 0 aromatic rings. The molecule has 1 aliphatic heterocycles. The van der Waals surface area contributed by atoms with Gasteiger partial charge in [0.25, 0.3) is 0 Å². The number of hydrogen-bond acceptors (Lipinski definition) is 4. The lowest BCUT2D eigenvalue weighted by Gasteiger charge is -2.34. The van der Waals surface area contributed by atoms with Gasteiger partial charge in [-0.2, -0.15) is 11.8 Å². The zero-order chi connectivity index (χ0) is 18.8. The van der Waals surface area contributed by atoms with Gasteiger partial charge in [0.05, 0.1) is 0 Å². The molecule has 144 valence electrons. The van der Waals surface area contributed by atoms with E-state index in [-0.39, 0.29) is 30.3 Å². The first-order valence-corrected chi connectivity index (χ1v) is 10.3. The normalized spacial score (nSPS) is 16.1. The Morgan fingerprint density at radius 2 is 1.92 bits per heavy atom. The van der Waals surface area contributed by atoms with Gasteiger partial charge in [-0.1, -0.05) is 13.8 Å². The lowest BCUT2D eigenvalue weighted by Crippen LogP contribution is -2.50. The van der Waals surface area contributed by atoms with E-state index in [0.29, 0.717) is 5.96 Å². The average molecular weight is 372 g/mol. The molecule has 1 fully saturated rings. The van der Waals surface area contributed by atoms with Gasteiger partial charge in [-0.25, -0.2) is 4.99 Å². The van der Waals surface area contributed by atoms with Gasteiger partial charge in [-0.05, 0) is 19.1 Å². The van der Waals surface area contributed by atoms with Crippen LogP contribution < -0.4 is 10.6 Å². The summed E-state index contributed by atoms with van der Waals surface area (Å²) in [5.41, 5.74) is 0. The van der Waals surface area contributed by atoms with Crippen LogP contribution in [0.4, 0.5) is 0 Å². The summed E-state index contributed by atoms with van der Waals surface area (Å²) in [5, 5.41) is 6.70. The smallest absolute Gasteiger partial charge is 0.243 e. The van der Waals surface area contributed by atoms with E-state index in [1.54, 1.807) is 30.8 Å². The minimum atomic E-state index is -0.0247. The van der Waals surface area contributed by atoms with E-state index in [9.17, 15) is 9.59 Å². The summed E-state index contributed by atoms with van der Waals surface area (Å²) in [4.78, 5) is 31.7.